The Morgan fingerprint density at radius 2 is 2.00 bits per heavy atom. The summed E-state index contributed by atoms with van der Waals surface area (Å²) >= 11 is 0. The Kier molecular flexibility index (Phi) is 1.57. The van der Waals surface area contributed by atoms with Crippen LogP contribution in [0.4, 0.5) is 0 Å². The van der Waals surface area contributed by atoms with Crippen LogP contribution in [0.3, 0.4) is 0 Å². The van der Waals surface area contributed by atoms with Crippen LogP contribution in [0.2, 0.25) is 0 Å². The summed E-state index contributed by atoms with van der Waals surface area (Å²) in [6.45, 7) is 0. The summed E-state index contributed by atoms with van der Waals surface area (Å²) in [7, 11) is 0. The SMILES string of the molecule is O=C1C=CC2(C=C1)N1C(=O)CC1Cc1nnnn12. The standard InChI is InChI=1S/C11H9N5O2/c17-8-1-3-11(4-2-8)15-7(6-10(15)18)5-9-12-13-14-16(9)11/h1-4,7H,5-6H2. The molecule has 1 aromatic heterocycles. The van der Waals surface area contributed by atoms with E-state index in [1.807, 2.05) is 0 Å². The highest BCUT2D eigenvalue weighted by molar-refractivity contribution is 6.01. The molecule has 1 atom stereocenters. The number of β-lactam (4-membered cyclic amide) rings is 1. The summed E-state index contributed by atoms with van der Waals surface area (Å²) in [5.74, 6) is 0.711. The molecular weight excluding hydrogens is 234 g/mol. The first-order valence-corrected chi connectivity index (χ1v) is 5.73. The average Bonchev–Trinajstić information content (AvgIpc) is 2.80. The number of allylic oxidation sites excluding steroid dienone is 2. The molecule has 1 unspecified atom stereocenters. The highest BCUT2D eigenvalue weighted by Gasteiger charge is 2.54. The van der Waals surface area contributed by atoms with Crippen molar-refractivity contribution in [1.29, 1.82) is 0 Å². The number of hydrogen-bond acceptors (Lipinski definition) is 5. The van der Waals surface area contributed by atoms with Crippen LogP contribution < -0.4 is 0 Å². The lowest BCUT2D eigenvalue weighted by molar-refractivity contribution is -0.160. The van der Waals surface area contributed by atoms with Crippen molar-refractivity contribution in [3.8, 4) is 0 Å². The van der Waals surface area contributed by atoms with Crippen LogP contribution in [0, 0.1) is 0 Å². The van der Waals surface area contributed by atoms with Crippen molar-refractivity contribution in [3.05, 3.63) is 30.1 Å². The molecule has 1 fully saturated rings. The fraction of sp³-hybridized carbons (Fsp3) is 0.364. The number of rotatable bonds is 0. The summed E-state index contributed by atoms with van der Waals surface area (Å²) in [6, 6.07) is 0.124. The molecule has 1 aliphatic carbocycles. The van der Waals surface area contributed by atoms with Crippen molar-refractivity contribution >= 4 is 11.7 Å². The monoisotopic (exact) mass is 243 g/mol. The molecule has 18 heavy (non-hydrogen) atoms. The number of carbonyl (C=O) groups is 2. The van der Waals surface area contributed by atoms with Crippen molar-refractivity contribution in [2.24, 2.45) is 0 Å². The molecule has 0 saturated carbocycles. The number of tetrazole rings is 1. The Morgan fingerprint density at radius 1 is 1.22 bits per heavy atom. The summed E-state index contributed by atoms with van der Waals surface area (Å²) in [4.78, 5) is 24.9. The molecule has 0 radical (unpaired) electrons. The van der Waals surface area contributed by atoms with Gasteiger partial charge in [-0.3, -0.25) is 9.59 Å². The molecule has 1 spiro atoms. The van der Waals surface area contributed by atoms with Crippen molar-refractivity contribution < 1.29 is 9.59 Å². The van der Waals surface area contributed by atoms with Gasteiger partial charge in [0, 0.05) is 12.8 Å². The van der Waals surface area contributed by atoms with E-state index in [-0.39, 0.29) is 17.7 Å². The van der Waals surface area contributed by atoms with Gasteiger partial charge < -0.3 is 4.90 Å². The van der Waals surface area contributed by atoms with Crippen LogP contribution >= 0.6 is 0 Å². The second kappa shape index (κ2) is 2.92. The molecule has 0 aromatic carbocycles. The highest BCUT2D eigenvalue weighted by Crippen LogP contribution is 2.41. The first-order chi connectivity index (χ1) is 8.71. The van der Waals surface area contributed by atoms with Gasteiger partial charge in [0.1, 0.15) is 0 Å². The third-order valence-electron chi connectivity index (χ3n) is 3.71. The molecule has 7 heteroatoms. The van der Waals surface area contributed by atoms with E-state index in [0.717, 1.165) is 5.82 Å². The molecule has 0 N–H and O–H groups in total. The van der Waals surface area contributed by atoms with Crippen molar-refractivity contribution in [2.75, 3.05) is 0 Å². The fourth-order valence-electron chi connectivity index (χ4n) is 2.88. The van der Waals surface area contributed by atoms with Gasteiger partial charge in [-0.15, -0.1) is 5.10 Å². The lowest BCUT2D eigenvalue weighted by Crippen LogP contribution is -2.67. The van der Waals surface area contributed by atoms with Crippen LogP contribution in [0.25, 0.3) is 0 Å². The number of ketones is 1. The summed E-state index contributed by atoms with van der Waals surface area (Å²) in [5.41, 5.74) is -0.828. The van der Waals surface area contributed by atoms with Gasteiger partial charge in [0.15, 0.2) is 17.3 Å². The zero-order valence-electron chi connectivity index (χ0n) is 9.35. The number of carbonyl (C=O) groups excluding carboxylic acids is 2. The average molecular weight is 243 g/mol. The van der Waals surface area contributed by atoms with Gasteiger partial charge in [-0.2, -0.15) is 4.68 Å². The Morgan fingerprint density at radius 3 is 2.72 bits per heavy atom. The zero-order valence-corrected chi connectivity index (χ0v) is 9.35. The lowest BCUT2D eigenvalue weighted by atomic mass is 9.86. The third kappa shape index (κ3) is 0.969. The van der Waals surface area contributed by atoms with Gasteiger partial charge in [0.05, 0.1) is 6.04 Å². The predicted octanol–water partition coefficient (Wildman–Crippen LogP) is -0.822. The van der Waals surface area contributed by atoms with E-state index in [4.69, 9.17) is 0 Å². The minimum atomic E-state index is -0.828. The topological polar surface area (TPSA) is 81.0 Å². The molecule has 7 nitrogen and oxygen atoms in total. The molecule has 90 valence electrons. The predicted molar refractivity (Wildman–Crippen MR) is 58.0 cm³/mol. The van der Waals surface area contributed by atoms with Crippen LogP contribution in [0.1, 0.15) is 12.2 Å². The van der Waals surface area contributed by atoms with Crippen molar-refractivity contribution in [2.45, 2.75) is 24.5 Å². The van der Waals surface area contributed by atoms with Crippen molar-refractivity contribution in [3.63, 3.8) is 0 Å². The Bertz CT molecular complexity index is 613. The second-order valence-corrected chi connectivity index (χ2v) is 4.68. The second-order valence-electron chi connectivity index (χ2n) is 4.68. The van der Waals surface area contributed by atoms with Gasteiger partial charge in [-0.25, -0.2) is 0 Å². The molecule has 1 amide bonds. The molecule has 1 aromatic rings. The van der Waals surface area contributed by atoms with Gasteiger partial charge in [-0.1, -0.05) is 0 Å². The third-order valence-corrected chi connectivity index (χ3v) is 3.71. The largest absolute Gasteiger partial charge is 0.307 e. The molecule has 2 aliphatic heterocycles. The molecule has 4 rings (SSSR count). The smallest absolute Gasteiger partial charge is 0.227 e. The van der Waals surface area contributed by atoms with E-state index < -0.39 is 5.66 Å². The molecular formula is C11H9N5O2. The first-order valence-electron chi connectivity index (χ1n) is 5.73. The van der Waals surface area contributed by atoms with Crippen LogP contribution in [0.5, 0.6) is 0 Å². The van der Waals surface area contributed by atoms with E-state index in [1.54, 1.807) is 21.7 Å². The van der Waals surface area contributed by atoms with E-state index in [9.17, 15) is 9.59 Å². The van der Waals surface area contributed by atoms with Gasteiger partial charge in [-0.05, 0) is 34.7 Å². The number of amides is 1. The first kappa shape index (κ1) is 9.69. The Hall–Kier alpha value is -2.31. The number of aromatic nitrogens is 4. The lowest BCUT2D eigenvalue weighted by Gasteiger charge is -2.53. The summed E-state index contributed by atoms with van der Waals surface area (Å²) in [5, 5.41) is 11.6. The van der Waals surface area contributed by atoms with Crippen LogP contribution in [-0.2, 0) is 21.7 Å². The minimum absolute atomic E-state index is 0.0600. The van der Waals surface area contributed by atoms with Gasteiger partial charge in [0.25, 0.3) is 0 Å². The van der Waals surface area contributed by atoms with E-state index >= 15 is 0 Å². The maximum absolute atomic E-state index is 11.8. The molecule has 3 aliphatic rings. The van der Waals surface area contributed by atoms with Crippen molar-refractivity contribution in [1.82, 2.24) is 25.1 Å². The summed E-state index contributed by atoms with van der Waals surface area (Å²) < 4.78 is 1.61. The summed E-state index contributed by atoms with van der Waals surface area (Å²) in [6.07, 6.45) is 7.48. The van der Waals surface area contributed by atoms with Gasteiger partial charge >= 0.3 is 0 Å². The maximum atomic E-state index is 11.8. The van der Waals surface area contributed by atoms with Crippen LogP contribution in [0.15, 0.2) is 24.3 Å². The Labute approximate surface area is 102 Å². The number of nitrogens with zero attached hydrogens (tertiary/aromatic N) is 5. The Balaban J connectivity index is 1.94. The number of hydrogen-bond donors (Lipinski definition) is 0. The maximum Gasteiger partial charge on any atom is 0.227 e. The quantitative estimate of drug-likeness (QED) is 0.556. The normalized spacial score (nSPS) is 27.1. The van der Waals surface area contributed by atoms with E-state index in [0.29, 0.717) is 12.8 Å². The molecule has 3 heterocycles. The minimum Gasteiger partial charge on any atom is -0.307 e. The van der Waals surface area contributed by atoms with E-state index in [2.05, 4.69) is 15.5 Å². The van der Waals surface area contributed by atoms with Crippen LogP contribution in [-0.4, -0.2) is 42.8 Å². The number of fused-ring (bicyclic) bond motifs is 4. The van der Waals surface area contributed by atoms with Gasteiger partial charge in [0.2, 0.25) is 5.91 Å². The molecule has 1 saturated heterocycles. The van der Waals surface area contributed by atoms with E-state index in [1.165, 1.54) is 12.2 Å². The molecule has 0 bridgehead atoms. The zero-order chi connectivity index (χ0) is 12.3. The highest BCUT2D eigenvalue weighted by atomic mass is 16.2. The fourth-order valence-corrected chi connectivity index (χ4v) is 2.88.